The molecule has 1 unspecified atom stereocenters. The van der Waals surface area contributed by atoms with Crippen LogP contribution in [0.4, 0.5) is 0 Å². The Bertz CT molecular complexity index is 362. The standard InChI is InChI=1S/C14H20N2O/c1-17-14-8-15-7-13(14)16-9-12(10-16)11-5-3-2-4-6-11/h2-6,12-15H,7-10H2,1H3/t13?,14-/m0/s1. The van der Waals surface area contributed by atoms with E-state index in [4.69, 9.17) is 4.74 Å². The number of hydrogen-bond donors (Lipinski definition) is 1. The Morgan fingerprint density at radius 1 is 1.18 bits per heavy atom. The zero-order valence-corrected chi connectivity index (χ0v) is 10.3. The van der Waals surface area contributed by atoms with Gasteiger partial charge in [-0.3, -0.25) is 4.90 Å². The van der Waals surface area contributed by atoms with Crippen LogP contribution in [0.5, 0.6) is 0 Å². The van der Waals surface area contributed by atoms with E-state index in [1.54, 1.807) is 0 Å². The molecule has 0 aliphatic carbocycles. The van der Waals surface area contributed by atoms with Crippen LogP contribution in [0.1, 0.15) is 11.5 Å². The van der Waals surface area contributed by atoms with E-state index in [-0.39, 0.29) is 0 Å². The third-order valence-corrected chi connectivity index (χ3v) is 4.08. The summed E-state index contributed by atoms with van der Waals surface area (Å²) in [5.74, 6) is 0.717. The van der Waals surface area contributed by atoms with Crippen LogP contribution in [-0.4, -0.2) is 50.3 Å². The number of benzene rings is 1. The van der Waals surface area contributed by atoms with Crippen molar-refractivity contribution in [2.24, 2.45) is 0 Å². The fraction of sp³-hybridized carbons (Fsp3) is 0.571. The Kier molecular flexibility index (Phi) is 3.14. The maximum absolute atomic E-state index is 5.52. The molecule has 0 spiro atoms. The van der Waals surface area contributed by atoms with Gasteiger partial charge in [-0.15, -0.1) is 0 Å². The molecule has 0 aromatic heterocycles. The van der Waals surface area contributed by atoms with E-state index < -0.39 is 0 Å². The van der Waals surface area contributed by atoms with E-state index in [1.165, 1.54) is 18.7 Å². The van der Waals surface area contributed by atoms with E-state index in [1.807, 2.05) is 7.11 Å². The van der Waals surface area contributed by atoms with E-state index in [0.717, 1.165) is 13.1 Å². The van der Waals surface area contributed by atoms with Gasteiger partial charge < -0.3 is 10.1 Å². The minimum absolute atomic E-state index is 0.367. The number of ether oxygens (including phenoxy) is 1. The maximum Gasteiger partial charge on any atom is 0.0862 e. The Morgan fingerprint density at radius 2 is 1.94 bits per heavy atom. The summed E-state index contributed by atoms with van der Waals surface area (Å²) in [6.45, 7) is 4.42. The minimum atomic E-state index is 0.367. The Hall–Kier alpha value is -0.900. The topological polar surface area (TPSA) is 24.5 Å². The average Bonchev–Trinajstić information content (AvgIpc) is 2.77. The van der Waals surface area contributed by atoms with Crippen LogP contribution in [0, 0.1) is 0 Å². The molecule has 1 N–H and O–H groups in total. The zero-order valence-electron chi connectivity index (χ0n) is 10.3. The van der Waals surface area contributed by atoms with Crippen LogP contribution in [0.15, 0.2) is 30.3 Å². The molecule has 3 rings (SSSR count). The van der Waals surface area contributed by atoms with Gasteiger partial charge in [0.15, 0.2) is 0 Å². The Morgan fingerprint density at radius 3 is 2.65 bits per heavy atom. The lowest BCUT2D eigenvalue weighted by molar-refractivity contribution is 0.00716. The third kappa shape index (κ3) is 2.10. The van der Waals surface area contributed by atoms with Crippen molar-refractivity contribution in [2.45, 2.75) is 18.1 Å². The average molecular weight is 232 g/mol. The largest absolute Gasteiger partial charge is 0.378 e. The van der Waals surface area contributed by atoms with Crippen LogP contribution >= 0.6 is 0 Å². The molecule has 3 nitrogen and oxygen atoms in total. The highest BCUT2D eigenvalue weighted by Crippen LogP contribution is 2.30. The van der Waals surface area contributed by atoms with Gasteiger partial charge in [0.25, 0.3) is 0 Å². The fourth-order valence-electron chi connectivity index (χ4n) is 2.97. The highest BCUT2D eigenvalue weighted by Gasteiger charge is 2.39. The summed E-state index contributed by atoms with van der Waals surface area (Å²) in [4.78, 5) is 2.55. The molecule has 2 aliphatic heterocycles. The van der Waals surface area contributed by atoms with Gasteiger partial charge in [-0.1, -0.05) is 30.3 Å². The number of methoxy groups -OCH3 is 1. The second-order valence-corrected chi connectivity index (χ2v) is 5.06. The third-order valence-electron chi connectivity index (χ3n) is 4.08. The van der Waals surface area contributed by atoms with Crippen LogP contribution in [-0.2, 0) is 4.74 Å². The van der Waals surface area contributed by atoms with Crippen molar-refractivity contribution in [1.82, 2.24) is 10.2 Å². The molecule has 1 aromatic carbocycles. The van der Waals surface area contributed by atoms with Crippen molar-refractivity contribution in [3.05, 3.63) is 35.9 Å². The SMILES string of the molecule is CO[C@H]1CNCC1N1CC(c2ccccc2)C1. The predicted octanol–water partition coefficient (Wildman–Crippen LogP) is 1.07. The lowest BCUT2D eigenvalue weighted by atomic mass is 9.89. The van der Waals surface area contributed by atoms with Crippen molar-refractivity contribution < 1.29 is 4.74 Å². The molecule has 0 saturated carbocycles. The monoisotopic (exact) mass is 232 g/mol. The zero-order chi connectivity index (χ0) is 11.7. The summed E-state index contributed by atoms with van der Waals surface area (Å²) in [5, 5.41) is 3.41. The van der Waals surface area contributed by atoms with Gasteiger partial charge in [-0.05, 0) is 5.56 Å². The van der Waals surface area contributed by atoms with Crippen LogP contribution in [0.25, 0.3) is 0 Å². The summed E-state index contributed by atoms with van der Waals surface area (Å²) in [6.07, 6.45) is 0.367. The number of nitrogens with one attached hydrogen (secondary N) is 1. The summed E-state index contributed by atoms with van der Waals surface area (Å²) >= 11 is 0. The molecule has 2 aliphatic rings. The van der Waals surface area contributed by atoms with E-state index in [0.29, 0.717) is 18.1 Å². The molecular formula is C14H20N2O. The van der Waals surface area contributed by atoms with E-state index in [2.05, 4.69) is 40.5 Å². The first-order chi connectivity index (χ1) is 8.38. The molecule has 2 saturated heterocycles. The fourth-order valence-corrected chi connectivity index (χ4v) is 2.97. The number of rotatable bonds is 3. The summed E-state index contributed by atoms with van der Waals surface area (Å²) in [7, 11) is 1.82. The molecule has 2 heterocycles. The summed E-state index contributed by atoms with van der Waals surface area (Å²) < 4.78 is 5.52. The molecule has 17 heavy (non-hydrogen) atoms. The number of hydrogen-bond acceptors (Lipinski definition) is 3. The molecule has 0 radical (unpaired) electrons. The van der Waals surface area contributed by atoms with Crippen molar-refractivity contribution >= 4 is 0 Å². The van der Waals surface area contributed by atoms with Gasteiger partial charge in [0.05, 0.1) is 6.10 Å². The summed E-state index contributed by atoms with van der Waals surface area (Å²) in [6, 6.07) is 11.4. The second-order valence-electron chi connectivity index (χ2n) is 5.06. The number of nitrogens with zero attached hydrogens (tertiary/aromatic N) is 1. The van der Waals surface area contributed by atoms with Gasteiger partial charge in [0, 0.05) is 45.2 Å². The van der Waals surface area contributed by atoms with E-state index in [9.17, 15) is 0 Å². The Labute approximate surface area is 103 Å². The molecule has 1 aromatic rings. The van der Waals surface area contributed by atoms with Crippen LogP contribution in [0.2, 0.25) is 0 Å². The van der Waals surface area contributed by atoms with Crippen molar-refractivity contribution in [1.29, 1.82) is 0 Å². The van der Waals surface area contributed by atoms with Crippen LogP contribution in [0.3, 0.4) is 0 Å². The molecule has 0 amide bonds. The normalized spacial score (nSPS) is 30.4. The maximum atomic E-state index is 5.52. The number of likely N-dealkylation sites (tertiary alicyclic amines) is 1. The van der Waals surface area contributed by atoms with Crippen LogP contribution < -0.4 is 5.32 Å². The lowest BCUT2D eigenvalue weighted by Crippen LogP contribution is -2.55. The highest BCUT2D eigenvalue weighted by molar-refractivity contribution is 5.23. The minimum Gasteiger partial charge on any atom is -0.378 e. The van der Waals surface area contributed by atoms with Gasteiger partial charge in [-0.2, -0.15) is 0 Å². The second kappa shape index (κ2) is 4.77. The first kappa shape index (κ1) is 11.2. The Balaban J connectivity index is 1.58. The predicted molar refractivity (Wildman–Crippen MR) is 68.2 cm³/mol. The molecule has 2 atom stereocenters. The van der Waals surface area contributed by atoms with Crippen molar-refractivity contribution in [2.75, 3.05) is 33.3 Å². The van der Waals surface area contributed by atoms with Crippen molar-refractivity contribution in [3.8, 4) is 0 Å². The van der Waals surface area contributed by atoms with Gasteiger partial charge in [0.1, 0.15) is 0 Å². The van der Waals surface area contributed by atoms with Gasteiger partial charge in [0.2, 0.25) is 0 Å². The molecule has 0 bridgehead atoms. The molecule has 3 heteroatoms. The molecule has 2 fully saturated rings. The summed E-state index contributed by atoms with van der Waals surface area (Å²) in [5.41, 5.74) is 1.48. The van der Waals surface area contributed by atoms with Gasteiger partial charge in [-0.25, -0.2) is 0 Å². The first-order valence-corrected chi connectivity index (χ1v) is 6.41. The van der Waals surface area contributed by atoms with E-state index >= 15 is 0 Å². The quantitative estimate of drug-likeness (QED) is 0.844. The van der Waals surface area contributed by atoms with Gasteiger partial charge >= 0.3 is 0 Å². The molecular weight excluding hydrogens is 212 g/mol. The molecule has 92 valence electrons. The lowest BCUT2D eigenvalue weighted by Gasteiger charge is -2.44. The first-order valence-electron chi connectivity index (χ1n) is 6.41. The smallest absolute Gasteiger partial charge is 0.0862 e. The highest BCUT2D eigenvalue weighted by atomic mass is 16.5. The van der Waals surface area contributed by atoms with Crippen molar-refractivity contribution in [3.63, 3.8) is 0 Å².